The Bertz CT molecular complexity index is 648. The number of guanidine groups is 1. The van der Waals surface area contributed by atoms with Crippen LogP contribution < -0.4 is 16.0 Å². The molecule has 4 heteroatoms. The second-order valence-electron chi connectivity index (χ2n) is 5.89. The summed E-state index contributed by atoms with van der Waals surface area (Å²) in [5.74, 6) is 0.492. The lowest BCUT2D eigenvalue weighted by Crippen LogP contribution is -2.33. The highest BCUT2D eigenvalue weighted by molar-refractivity contribution is 5.78. The molecular formula is C19H26N4. The molecule has 0 aromatic heterocycles. The summed E-state index contributed by atoms with van der Waals surface area (Å²) in [4.78, 5) is 6.56. The van der Waals surface area contributed by atoms with Crippen molar-refractivity contribution >= 4 is 11.6 Å². The molecule has 0 amide bonds. The van der Waals surface area contributed by atoms with Crippen molar-refractivity contribution in [3.05, 3.63) is 65.2 Å². The quantitative estimate of drug-likeness (QED) is 0.637. The number of rotatable bonds is 6. The number of hydrogen-bond acceptors (Lipinski definition) is 2. The Morgan fingerprint density at radius 2 is 1.87 bits per heavy atom. The van der Waals surface area contributed by atoms with E-state index in [-0.39, 0.29) is 0 Å². The monoisotopic (exact) mass is 310 g/mol. The van der Waals surface area contributed by atoms with Gasteiger partial charge in [0.2, 0.25) is 0 Å². The molecule has 4 nitrogen and oxygen atoms in total. The molecule has 0 bridgehead atoms. The van der Waals surface area contributed by atoms with Crippen LogP contribution in [0, 0.1) is 6.92 Å². The number of aryl methyl sites for hydroxylation is 1. The van der Waals surface area contributed by atoms with Gasteiger partial charge in [0.15, 0.2) is 5.96 Å². The molecule has 2 aromatic rings. The van der Waals surface area contributed by atoms with Crippen LogP contribution in [0.1, 0.15) is 16.7 Å². The number of hydrogen-bond donors (Lipinski definition) is 2. The summed E-state index contributed by atoms with van der Waals surface area (Å²) in [7, 11) is 4.09. The first-order valence-electron chi connectivity index (χ1n) is 7.91. The first-order valence-corrected chi connectivity index (χ1v) is 7.91. The molecule has 23 heavy (non-hydrogen) atoms. The lowest BCUT2D eigenvalue weighted by atomic mass is 10.1. The summed E-state index contributed by atoms with van der Waals surface area (Å²) in [6.45, 7) is 3.46. The average molecular weight is 310 g/mol. The molecule has 2 rings (SSSR count). The van der Waals surface area contributed by atoms with Crippen molar-refractivity contribution in [1.82, 2.24) is 5.32 Å². The van der Waals surface area contributed by atoms with Gasteiger partial charge in [-0.3, -0.25) is 0 Å². The fourth-order valence-corrected chi connectivity index (χ4v) is 2.43. The summed E-state index contributed by atoms with van der Waals surface area (Å²) in [6, 6.07) is 16.7. The van der Waals surface area contributed by atoms with E-state index in [0.29, 0.717) is 12.5 Å². The first-order chi connectivity index (χ1) is 11.1. The van der Waals surface area contributed by atoms with Crippen molar-refractivity contribution in [2.24, 2.45) is 10.7 Å². The lowest BCUT2D eigenvalue weighted by Gasteiger charge is -2.17. The molecule has 0 radical (unpaired) electrons. The zero-order valence-corrected chi connectivity index (χ0v) is 14.2. The van der Waals surface area contributed by atoms with Crippen LogP contribution in [0.2, 0.25) is 0 Å². The largest absolute Gasteiger partial charge is 0.377 e. The van der Waals surface area contributed by atoms with Gasteiger partial charge in [-0.2, -0.15) is 0 Å². The molecule has 0 unspecified atom stereocenters. The van der Waals surface area contributed by atoms with Gasteiger partial charge in [-0.15, -0.1) is 0 Å². The van der Waals surface area contributed by atoms with E-state index in [4.69, 9.17) is 5.73 Å². The number of nitrogens with two attached hydrogens (primary N) is 1. The fraction of sp³-hybridized carbons (Fsp3) is 0.316. The van der Waals surface area contributed by atoms with Gasteiger partial charge in [0.05, 0.1) is 6.54 Å². The molecule has 0 aliphatic heterocycles. The van der Waals surface area contributed by atoms with Crippen LogP contribution in [0.3, 0.4) is 0 Å². The zero-order chi connectivity index (χ0) is 16.7. The highest BCUT2D eigenvalue weighted by atomic mass is 15.1. The molecule has 0 saturated heterocycles. The Balaban J connectivity index is 1.89. The van der Waals surface area contributed by atoms with Gasteiger partial charge in [-0.1, -0.05) is 42.5 Å². The predicted octanol–water partition coefficient (Wildman–Crippen LogP) is 2.71. The number of benzene rings is 2. The van der Waals surface area contributed by atoms with E-state index in [2.05, 4.69) is 52.5 Å². The van der Waals surface area contributed by atoms with Crippen molar-refractivity contribution in [3.8, 4) is 0 Å². The number of nitrogens with one attached hydrogen (secondary N) is 1. The predicted molar refractivity (Wildman–Crippen MR) is 99.0 cm³/mol. The van der Waals surface area contributed by atoms with Crippen molar-refractivity contribution in [3.63, 3.8) is 0 Å². The molecule has 0 heterocycles. The first kappa shape index (κ1) is 16.9. The van der Waals surface area contributed by atoms with Gasteiger partial charge in [0.25, 0.3) is 0 Å². The van der Waals surface area contributed by atoms with Crippen molar-refractivity contribution in [2.45, 2.75) is 19.9 Å². The number of nitrogens with zero attached hydrogens (tertiary/aromatic N) is 2. The maximum atomic E-state index is 5.97. The second-order valence-corrected chi connectivity index (χ2v) is 5.89. The van der Waals surface area contributed by atoms with Crippen LogP contribution in [0.5, 0.6) is 0 Å². The third kappa shape index (κ3) is 5.33. The Morgan fingerprint density at radius 3 is 2.57 bits per heavy atom. The third-order valence-electron chi connectivity index (χ3n) is 3.70. The normalized spacial score (nSPS) is 11.3. The fourth-order valence-electron chi connectivity index (χ4n) is 2.43. The van der Waals surface area contributed by atoms with Gasteiger partial charge in [0, 0.05) is 26.3 Å². The molecule has 0 atom stereocenters. The standard InChI is InChI=1S/C19H26N4/c1-15-9-10-17(18(13-15)23(2)3)14-22-19(20)21-12-11-16-7-5-4-6-8-16/h4-10,13H,11-12,14H2,1-3H3,(H3,20,21,22). The third-order valence-corrected chi connectivity index (χ3v) is 3.70. The minimum Gasteiger partial charge on any atom is -0.377 e. The average Bonchev–Trinajstić information content (AvgIpc) is 2.54. The van der Waals surface area contributed by atoms with E-state index in [0.717, 1.165) is 13.0 Å². The van der Waals surface area contributed by atoms with E-state index >= 15 is 0 Å². The SMILES string of the molecule is Cc1ccc(CN=C(N)NCCc2ccccc2)c(N(C)C)c1. The zero-order valence-electron chi connectivity index (χ0n) is 14.2. The van der Waals surface area contributed by atoms with E-state index in [1.807, 2.05) is 32.3 Å². The Hall–Kier alpha value is -2.49. The van der Waals surface area contributed by atoms with Crippen LogP contribution >= 0.6 is 0 Å². The van der Waals surface area contributed by atoms with Gasteiger partial charge < -0.3 is 16.0 Å². The summed E-state index contributed by atoms with van der Waals surface area (Å²) in [5.41, 5.74) is 10.9. The summed E-state index contributed by atoms with van der Waals surface area (Å²) in [6.07, 6.45) is 0.935. The highest BCUT2D eigenvalue weighted by Crippen LogP contribution is 2.21. The molecule has 2 aromatic carbocycles. The Labute approximate surface area is 139 Å². The van der Waals surface area contributed by atoms with Gasteiger partial charge in [-0.05, 0) is 36.1 Å². The lowest BCUT2D eigenvalue weighted by molar-refractivity contribution is 0.847. The van der Waals surface area contributed by atoms with Crippen LogP contribution in [0.15, 0.2) is 53.5 Å². The molecule has 0 aliphatic carbocycles. The molecule has 122 valence electrons. The van der Waals surface area contributed by atoms with Crippen molar-refractivity contribution in [2.75, 3.05) is 25.5 Å². The maximum Gasteiger partial charge on any atom is 0.188 e. The summed E-state index contributed by atoms with van der Waals surface area (Å²) < 4.78 is 0. The van der Waals surface area contributed by atoms with Crippen molar-refractivity contribution in [1.29, 1.82) is 0 Å². The van der Waals surface area contributed by atoms with E-state index in [1.165, 1.54) is 22.4 Å². The molecule has 0 spiro atoms. The molecule has 0 aliphatic rings. The molecule has 0 fully saturated rings. The van der Waals surface area contributed by atoms with E-state index < -0.39 is 0 Å². The number of aliphatic imine (C=N–C) groups is 1. The second kappa shape index (κ2) is 8.22. The minimum absolute atomic E-state index is 0.492. The van der Waals surface area contributed by atoms with Gasteiger partial charge in [0.1, 0.15) is 0 Å². The van der Waals surface area contributed by atoms with Crippen LogP contribution in [-0.4, -0.2) is 26.6 Å². The van der Waals surface area contributed by atoms with Crippen LogP contribution in [0.25, 0.3) is 0 Å². The molecule has 0 saturated carbocycles. The van der Waals surface area contributed by atoms with Gasteiger partial charge >= 0.3 is 0 Å². The topological polar surface area (TPSA) is 53.6 Å². The maximum absolute atomic E-state index is 5.97. The summed E-state index contributed by atoms with van der Waals surface area (Å²) >= 11 is 0. The van der Waals surface area contributed by atoms with Crippen molar-refractivity contribution < 1.29 is 0 Å². The van der Waals surface area contributed by atoms with Gasteiger partial charge in [-0.25, -0.2) is 4.99 Å². The molecular weight excluding hydrogens is 284 g/mol. The smallest absolute Gasteiger partial charge is 0.188 e. The van der Waals surface area contributed by atoms with E-state index in [1.54, 1.807) is 0 Å². The minimum atomic E-state index is 0.492. The summed E-state index contributed by atoms with van der Waals surface area (Å²) in [5, 5.41) is 3.18. The molecule has 3 N–H and O–H groups in total. The van der Waals surface area contributed by atoms with E-state index in [9.17, 15) is 0 Å². The number of anilines is 1. The van der Waals surface area contributed by atoms with Crippen LogP contribution in [0.4, 0.5) is 5.69 Å². The highest BCUT2D eigenvalue weighted by Gasteiger charge is 2.04. The van der Waals surface area contributed by atoms with Crippen LogP contribution in [-0.2, 0) is 13.0 Å². The Kier molecular flexibility index (Phi) is 6.03. The Morgan fingerprint density at radius 1 is 1.13 bits per heavy atom.